The van der Waals surface area contributed by atoms with Gasteiger partial charge in [-0.2, -0.15) is 0 Å². The Labute approximate surface area is 179 Å². The zero-order chi connectivity index (χ0) is 20.9. The molecule has 0 unspecified atom stereocenters. The van der Waals surface area contributed by atoms with Gasteiger partial charge in [0.05, 0.1) is 19.4 Å². The first-order chi connectivity index (χ1) is 14.7. The summed E-state index contributed by atoms with van der Waals surface area (Å²) in [5.41, 5.74) is 3.68. The number of hydrogen-bond donors (Lipinski definition) is 0. The van der Waals surface area contributed by atoms with Crippen molar-refractivity contribution in [2.75, 3.05) is 57.9 Å². The molecule has 2 aromatic rings. The van der Waals surface area contributed by atoms with E-state index in [-0.39, 0.29) is 0 Å². The van der Waals surface area contributed by atoms with Crippen molar-refractivity contribution in [3.05, 3.63) is 41.2 Å². The van der Waals surface area contributed by atoms with Crippen LogP contribution in [0, 0.1) is 0 Å². The average Bonchev–Trinajstić information content (AvgIpc) is 2.80. The Kier molecular flexibility index (Phi) is 6.69. The maximum atomic E-state index is 5.63. The minimum Gasteiger partial charge on any atom is -0.493 e. The molecule has 4 rings (SSSR count). The van der Waals surface area contributed by atoms with E-state index in [0.29, 0.717) is 6.61 Å². The minimum atomic E-state index is 0.634. The van der Waals surface area contributed by atoms with Crippen LogP contribution in [0.2, 0.25) is 0 Å². The minimum absolute atomic E-state index is 0.634. The van der Waals surface area contributed by atoms with Gasteiger partial charge in [0.2, 0.25) is 5.95 Å². The van der Waals surface area contributed by atoms with E-state index < -0.39 is 0 Å². The lowest BCUT2D eigenvalue weighted by Gasteiger charge is -2.35. The molecule has 2 aliphatic rings. The van der Waals surface area contributed by atoms with Gasteiger partial charge in [0, 0.05) is 64.0 Å². The molecule has 1 saturated heterocycles. The van der Waals surface area contributed by atoms with Crippen LogP contribution >= 0.6 is 0 Å². The highest BCUT2D eigenvalue weighted by Crippen LogP contribution is 2.29. The van der Waals surface area contributed by atoms with Crippen molar-refractivity contribution in [1.82, 2.24) is 19.8 Å². The highest BCUT2D eigenvalue weighted by molar-refractivity contribution is 5.43. The van der Waals surface area contributed by atoms with Gasteiger partial charge >= 0.3 is 0 Å². The maximum absolute atomic E-state index is 5.63. The van der Waals surface area contributed by atoms with E-state index in [2.05, 4.69) is 33.8 Å². The Hall–Kier alpha value is -2.38. The molecule has 1 aromatic carbocycles. The lowest BCUT2D eigenvalue weighted by molar-refractivity contribution is 0.241. The monoisotopic (exact) mass is 411 g/mol. The highest BCUT2D eigenvalue weighted by atomic mass is 16.5. The van der Waals surface area contributed by atoms with Gasteiger partial charge in [-0.15, -0.1) is 0 Å². The summed E-state index contributed by atoms with van der Waals surface area (Å²) in [4.78, 5) is 16.9. The van der Waals surface area contributed by atoms with Crippen LogP contribution < -0.4 is 14.4 Å². The summed E-state index contributed by atoms with van der Waals surface area (Å²) in [7, 11) is 1.69. The SMILES string of the molecule is CCOc1ccc(CN2CCc3nc(N4CCN(CC)CC4)ncc3C2)cc1OC. The van der Waals surface area contributed by atoms with Gasteiger partial charge < -0.3 is 19.3 Å². The predicted molar refractivity (Wildman–Crippen MR) is 118 cm³/mol. The molecule has 0 aliphatic carbocycles. The Morgan fingerprint density at radius 1 is 1.00 bits per heavy atom. The smallest absolute Gasteiger partial charge is 0.225 e. The Morgan fingerprint density at radius 2 is 1.83 bits per heavy atom. The number of fused-ring (bicyclic) bond motifs is 1. The number of benzene rings is 1. The summed E-state index contributed by atoms with van der Waals surface area (Å²) in [6.07, 6.45) is 3.00. The number of nitrogens with zero attached hydrogens (tertiary/aromatic N) is 5. The van der Waals surface area contributed by atoms with E-state index in [1.54, 1.807) is 7.11 Å². The number of methoxy groups -OCH3 is 1. The molecule has 7 nitrogen and oxygen atoms in total. The van der Waals surface area contributed by atoms with Crippen molar-refractivity contribution in [3.63, 3.8) is 0 Å². The number of rotatable bonds is 7. The molecular formula is C23H33N5O2. The quantitative estimate of drug-likeness (QED) is 0.694. The van der Waals surface area contributed by atoms with Crippen LogP contribution in [0.3, 0.4) is 0 Å². The molecule has 2 aliphatic heterocycles. The number of hydrogen-bond acceptors (Lipinski definition) is 7. The van der Waals surface area contributed by atoms with Crippen LogP contribution in [-0.4, -0.2) is 72.8 Å². The van der Waals surface area contributed by atoms with Gasteiger partial charge in [0.25, 0.3) is 0 Å². The molecule has 1 fully saturated rings. The Balaban J connectivity index is 1.39. The summed E-state index contributed by atoms with van der Waals surface area (Å²) >= 11 is 0. The first-order valence-corrected chi connectivity index (χ1v) is 11.0. The zero-order valence-electron chi connectivity index (χ0n) is 18.4. The molecule has 162 valence electrons. The number of piperazine rings is 1. The van der Waals surface area contributed by atoms with Crippen LogP contribution in [0.25, 0.3) is 0 Å². The van der Waals surface area contributed by atoms with Crippen LogP contribution in [0.15, 0.2) is 24.4 Å². The lowest BCUT2D eigenvalue weighted by atomic mass is 10.1. The van der Waals surface area contributed by atoms with Gasteiger partial charge in [0.15, 0.2) is 11.5 Å². The second-order valence-corrected chi connectivity index (χ2v) is 7.94. The standard InChI is InChI=1S/C23H33N5O2/c1-4-26-10-12-28(13-11-26)23-24-15-19-17-27(9-8-20(19)25-23)16-18-6-7-21(30-5-2)22(14-18)29-3/h6-7,14-15H,4-5,8-13,16-17H2,1-3H3. The number of aromatic nitrogens is 2. The summed E-state index contributed by atoms with van der Waals surface area (Å²) in [6, 6.07) is 6.21. The Morgan fingerprint density at radius 3 is 2.57 bits per heavy atom. The van der Waals surface area contributed by atoms with Crippen LogP contribution in [0.4, 0.5) is 5.95 Å². The van der Waals surface area contributed by atoms with E-state index in [1.807, 2.05) is 19.2 Å². The van der Waals surface area contributed by atoms with Crippen molar-refractivity contribution in [3.8, 4) is 11.5 Å². The summed E-state index contributed by atoms with van der Waals surface area (Å²) < 4.78 is 11.1. The first kappa shape index (κ1) is 20.9. The predicted octanol–water partition coefficient (Wildman–Crippen LogP) is 2.58. The van der Waals surface area contributed by atoms with Crippen LogP contribution in [0.1, 0.15) is 30.7 Å². The molecule has 0 saturated carbocycles. The van der Waals surface area contributed by atoms with Crippen molar-refractivity contribution >= 4 is 5.95 Å². The molecule has 0 radical (unpaired) electrons. The molecule has 3 heterocycles. The first-order valence-electron chi connectivity index (χ1n) is 11.0. The molecule has 0 spiro atoms. The summed E-state index contributed by atoms with van der Waals surface area (Å²) in [5, 5.41) is 0. The number of anilines is 1. The van der Waals surface area contributed by atoms with Crippen molar-refractivity contribution in [1.29, 1.82) is 0 Å². The van der Waals surface area contributed by atoms with E-state index in [0.717, 1.165) is 76.2 Å². The number of likely N-dealkylation sites (N-methyl/N-ethyl adjacent to an activating group) is 1. The molecule has 1 aromatic heterocycles. The third kappa shape index (κ3) is 4.68. The molecular weight excluding hydrogens is 378 g/mol. The third-order valence-corrected chi connectivity index (χ3v) is 6.04. The molecule has 30 heavy (non-hydrogen) atoms. The highest BCUT2D eigenvalue weighted by Gasteiger charge is 2.22. The zero-order valence-corrected chi connectivity index (χ0v) is 18.4. The van der Waals surface area contributed by atoms with Gasteiger partial charge in [0.1, 0.15) is 0 Å². The van der Waals surface area contributed by atoms with Gasteiger partial charge in [-0.25, -0.2) is 9.97 Å². The van der Waals surface area contributed by atoms with E-state index in [1.165, 1.54) is 16.8 Å². The lowest BCUT2D eigenvalue weighted by Crippen LogP contribution is -2.47. The summed E-state index contributed by atoms with van der Waals surface area (Å²) in [5.74, 6) is 2.49. The van der Waals surface area contributed by atoms with Crippen molar-refractivity contribution < 1.29 is 9.47 Å². The molecule has 0 N–H and O–H groups in total. The van der Waals surface area contributed by atoms with E-state index in [9.17, 15) is 0 Å². The van der Waals surface area contributed by atoms with Gasteiger partial charge in [-0.1, -0.05) is 13.0 Å². The fourth-order valence-electron chi connectivity index (χ4n) is 4.26. The Bertz CT molecular complexity index is 851. The second kappa shape index (κ2) is 9.62. The molecule has 0 atom stereocenters. The molecule has 0 amide bonds. The van der Waals surface area contributed by atoms with Crippen LogP contribution in [-0.2, 0) is 19.5 Å². The molecule has 0 bridgehead atoms. The van der Waals surface area contributed by atoms with Crippen LogP contribution in [0.5, 0.6) is 11.5 Å². The van der Waals surface area contributed by atoms with Gasteiger partial charge in [-0.3, -0.25) is 4.90 Å². The number of ether oxygens (including phenoxy) is 2. The average molecular weight is 412 g/mol. The second-order valence-electron chi connectivity index (χ2n) is 7.94. The van der Waals surface area contributed by atoms with E-state index in [4.69, 9.17) is 19.4 Å². The topological polar surface area (TPSA) is 54.0 Å². The van der Waals surface area contributed by atoms with Crippen molar-refractivity contribution in [2.45, 2.75) is 33.4 Å². The fourth-order valence-corrected chi connectivity index (χ4v) is 4.26. The van der Waals surface area contributed by atoms with Crippen molar-refractivity contribution in [2.24, 2.45) is 0 Å². The summed E-state index contributed by atoms with van der Waals surface area (Å²) in [6.45, 7) is 12.9. The van der Waals surface area contributed by atoms with Gasteiger partial charge in [-0.05, 0) is 31.2 Å². The fraction of sp³-hybridized carbons (Fsp3) is 0.565. The maximum Gasteiger partial charge on any atom is 0.225 e. The third-order valence-electron chi connectivity index (χ3n) is 6.04. The largest absolute Gasteiger partial charge is 0.493 e. The normalized spacial score (nSPS) is 17.6. The molecule has 7 heteroatoms. The van der Waals surface area contributed by atoms with E-state index >= 15 is 0 Å².